The van der Waals surface area contributed by atoms with E-state index in [0.717, 1.165) is 37.0 Å². The van der Waals surface area contributed by atoms with Crippen molar-refractivity contribution in [2.75, 3.05) is 0 Å². The van der Waals surface area contributed by atoms with Gasteiger partial charge in [-0.1, -0.05) is 0 Å². The van der Waals surface area contributed by atoms with Crippen LogP contribution in [0, 0.1) is 31.6 Å². The molecule has 0 radical (unpaired) electrons. The van der Waals surface area contributed by atoms with Crippen LogP contribution in [0.5, 0.6) is 0 Å². The van der Waals surface area contributed by atoms with Gasteiger partial charge in [-0.3, -0.25) is 9.59 Å². The van der Waals surface area contributed by atoms with Crippen LogP contribution < -0.4 is 5.32 Å². The molecule has 4 bridgehead atoms. The number of aromatic amines is 1. The van der Waals surface area contributed by atoms with E-state index in [9.17, 15) is 14.4 Å². The summed E-state index contributed by atoms with van der Waals surface area (Å²) in [4.78, 5) is 40.1. The quantitative estimate of drug-likeness (QED) is 0.599. The number of ether oxygens (including phenoxy) is 1. The van der Waals surface area contributed by atoms with Crippen LogP contribution in [0.1, 0.15) is 84.5 Å². The van der Waals surface area contributed by atoms with Crippen molar-refractivity contribution >= 4 is 17.7 Å². The zero-order valence-electron chi connectivity index (χ0n) is 17.2. The fourth-order valence-corrected chi connectivity index (χ4v) is 6.38. The van der Waals surface area contributed by atoms with E-state index in [-0.39, 0.29) is 22.9 Å². The molecule has 6 heteroatoms. The number of nitrogens with one attached hydrogen (secondary N) is 2. The molecule has 0 aliphatic heterocycles. The third-order valence-corrected chi connectivity index (χ3v) is 7.07. The van der Waals surface area contributed by atoms with E-state index in [0.29, 0.717) is 16.8 Å². The normalized spacial score (nSPS) is 31.5. The molecule has 28 heavy (non-hydrogen) atoms. The van der Waals surface area contributed by atoms with Gasteiger partial charge in [0, 0.05) is 16.8 Å². The van der Waals surface area contributed by atoms with Gasteiger partial charge in [-0.2, -0.15) is 0 Å². The van der Waals surface area contributed by atoms with E-state index in [1.807, 2.05) is 0 Å². The number of amides is 1. The Hall–Kier alpha value is -2.11. The molecule has 0 aromatic carbocycles. The Kier molecular flexibility index (Phi) is 4.63. The van der Waals surface area contributed by atoms with Crippen LogP contribution in [0.25, 0.3) is 0 Å². The monoisotopic (exact) mass is 386 g/mol. The predicted octanol–water partition coefficient (Wildman–Crippen LogP) is 3.46. The molecule has 1 aromatic heterocycles. The fourth-order valence-electron chi connectivity index (χ4n) is 6.38. The maximum Gasteiger partial charge on any atom is 0.355 e. The molecule has 1 amide bonds. The van der Waals surface area contributed by atoms with Gasteiger partial charge in [-0.05, 0) is 89.5 Å². The van der Waals surface area contributed by atoms with Gasteiger partial charge in [-0.25, -0.2) is 4.79 Å². The molecule has 0 spiro atoms. The highest BCUT2D eigenvalue weighted by atomic mass is 16.5. The Morgan fingerprint density at radius 1 is 1.07 bits per heavy atom. The number of esters is 1. The summed E-state index contributed by atoms with van der Waals surface area (Å²) in [5.74, 6) is 1.29. The molecular weight excluding hydrogens is 356 g/mol. The number of hydrogen-bond acceptors (Lipinski definition) is 4. The van der Waals surface area contributed by atoms with Crippen LogP contribution in [0.2, 0.25) is 0 Å². The molecule has 2 N–H and O–H groups in total. The number of hydrogen-bond donors (Lipinski definition) is 2. The van der Waals surface area contributed by atoms with Gasteiger partial charge in [0.25, 0.3) is 5.91 Å². The fraction of sp³-hybridized carbons (Fsp3) is 0.682. The lowest BCUT2D eigenvalue weighted by atomic mass is 9.53. The van der Waals surface area contributed by atoms with Crippen LogP contribution >= 0.6 is 0 Å². The minimum absolute atomic E-state index is 0.0992. The lowest BCUT2D eigenvalue weighted by Gasteiger charge is -2.57. The molecule has 4 fully saturated rings. The highest BCUT2D eigenvalue weighted by molar-refractivity contribution is 6.01. The summed E-state index contributed by atoms with van der Waals surface area (Å²) in [7, 11) is 0. The van der Waals surface area contributed by atoms with Crippen molar-refractivity contribution in [2.24, 2.45) is 17.8 Å². The van der Waals surface area contributed by atoms with Crippen LogP contribution in [-0.4, -0.2) is 34.3 Å². The minimum Gasteiger partial charge on any atom is -0.448 e. The number of carbonyl (C=O) groups excluding carboxylic acids is 3. The summed E-state index contributed by atoms with van der Waals surface area (Å²) in [5, 5.41) is 3.25. The summed E-state index contributed by atoms with van der Waals surface area (Å²) in [6, 6.07) is 0. The molecule has 0 unspecified atom stereocenters. The average molecular weight is 386 g/mol. The molecule has 0 saturated heterocycles. The molecule has 5 rings (SSSR count). The van der Waals surface area contributed by atoms with E-state index >= 15 is 0 Å². The van der Waals surface area contributed by atoms with E-state index in [2.05, 4.69) is 10.3 Å². The Bertz CT molecular complexity index is 803. The van der Waals surface area contributed by atoms with Crippen LogP contribution in [0.4, 0.5) is 0 Å². The highest BCUT2D eigenvalue weighted by Gasteiger charge is 2.51. The molecule has 1 heterocycles. The summed E-state index contributed by atoms with van der Waals surface area (Å²) in [5.41, 5.74) is 1.87. The van der Waals surface area contributed by atoms with Crippen molar-refractivity contribution in [3.8, 4) is 0 Å². The van der Waals surface area contributed by atoms with Crippen LogP contribution in [-0.2, 0) is 9.53 Å². The molecule has 6 nitrogen and oxygen atoms in total. The van der Waals surface area contributed by atoms with Crippen molar-refractivity contribution < 1.29 is 19.1 Å². The first-order valence-corrected chi connectivity index (χ1v) is 10.4. The van der Waals surface area contributed by atoms with Crippen LogP contribution in [0.3, 0.4) is 0 Å². The maximum absolute atomic E-state index is 12.8. The van der Waals surface area contributed by atoms with Gasteiger partial charge >= 0.3 is 5.97 Å². The average Bonchev–Trinajstić information content (AvgIpc) is 2.87. The SMILES string of the molecule is CC(=O)c1c(C)[nH]c(C(=O)O[C@@H](C)C(=O)NC23CC4CC(CC(C4)C2)C3)c1C. The zero-order valence-corrected chi connectivity index (χ0v) is 17.2. The second-order valence-electron chi connectivity index (χ2n) is 9.42. The smallest absolute Gasteiger partial charge is 0.355 e. The third-order valence-electron chi connectivity index (χ3n) is 7.07. The number of aromatic nitrogens is 1. The zero-order chi connectivity index (χ0) is 20.2. The summed E-state index contributed by atoms with van der Waals surface area (Å²) in [6.07, 6.45) is 6.23. The van der Waals surface area contributed by atoms with Crippen molar-refractivity contribution in [1.29, 1.82) is 0 Å². The van der Waals surface area contributed by atoms with Crippen LogP contribution in [0.15, 0.2) is 0 Å². The van der Waals surface area contributed by atoms with E-state index < -0.39 is 12.1 Å². The number of H-pyrrole nitrogens is 1. The Morgan fingerprint density at radius 3 is 2.07 bits per heavy atom. The summed E-state index contributed by atoms with van der Waals surface area (Å²) in [6.45, 7) is 6.56. The maximum atomic E-state index is 12.8. The second-order valence-corrected chi connectivity index (χ2v) is 9.42. The Labute approximate surface area is 165 Å². The standard InChI is InChI=1S/C22H30N2O4/c1-11-18(13(3)25)12(2)23-19(11)21(27)28-14(4)20(26)24-22-8-15-5-16(9-22)7-17(6-15)10-22/h14-17,23H,5-10H2,1-4H3,(H,24,26)/t14-,15?,16?,17?,22?/m0/s1. The number of ketones is 1. The van der Waals surface area contributed by atoms with E-state index in [4.69, 9.17) is 4.74 Å². The van der Waals surface area contributed by atoms with E-state index in [1.54, 1.807) is 20.8 Å². The van der Waals surface area contributed by atoms with E-state index in [1.165, 1.54) is 26.2 Å². The lowest BCUT2D eigenvalue weighted by molar-refractivity contribution is -0.134. The first kappa shape index (κ1) is 19.2. The van der Waals surface area contributed by atoms with Gasteiger partial charge in [0.15, 0.2) is 11.9 Å². The van der Waals surface area contributed by atoms with Crippen molar-refractivity contribution in [1.82, 2.24) is 10.3 Å². The molecular formula is C22H30N2O4. The van der Waals surface area contributed by atoms with Crippen molar-refractivity contribution in [3.05, 3.63) is 22.5 Å². The first-order valence-electron chi connectivity index (χ1n) is 10.4. The van der Waals surface area contributed by atoms with Gasteiger partial charge < -0.3 is 15.0 Å². The van der Waals surface area contributed by atoms with Gasteiger partial charge in [0.1, 0.15) is 5.69 Å². The predicted molar refractivity (Wildman–Crippen MR) is 104 cm³/mol. The summed E-state index contributed by atoms with van der Waals surface area (Å²) < 4.78 is 5.45. The van der Waals surface area contributed by atoms with Gasteiger partial charge in [0.05, 0.1) is 0 Å². The lowest BCUT2D eigenvalue weighted by Crippen LogP contribution is -2.61. The number of rotatable bonds is 5. The highest BCUT2D eigenvalue weighted by Crippen LogP contribution is 2.55. The molecule has 1 aromatic rings. The van der Waals surface area contributed by atoms with Gasteiger partial charge in [0.2, 0.25) is 0 Å². The Morgan fingerprint density at radius 2 is 1.61 bits per heavy atom. The minimum atomic E-state index is -0.871. The largest absolute Gasteiger partial charge is 0.448 e. The molecule has 4 aliphatic carbocycles. The topological polar surface area (TPSA) is 88.3 Å². The second kappa shape index (κ2) is 6.75. The molecule has 1 atom stereocenters. The third kappa shape index (κ3) is 3.27. The summed E-state index contributed by atoms with van der Waals surface area (Å²) >= 11 is 0. The molecule has 152 valence electrons. The molecule has 4 aliphatic rings. The van der Waals surface area contributed by atoms with Gasteiger partial charge in [-0.15, -0.1) is 0 Å². The molecule has 4 saturated carbocycles. The Balaban J connectivity index is 1.42. The first-order chi connectivity index (χ1) is 13.2. The number of Topliss-reactive ketones (excluding diaryl/α,β-unsaturated/α-hetero) is 1. The van der Waals surface area contributed by atoms with Crippen molar-refractivity contribution in [3.63, 3.8) is 0 Å². The number of aryl methyl sites for hydroxylation is 1. The number of carbonyl (C=O) groups is 3. The van der Waals surface area contributed by atoms with Crippen molar-refractivity contribution in [2.45, 2.75) is 77.9 Å².